The first-order chi connectivity index (χ1) is 13.1. The largest absolute Gasteiger partial charge is 0.465 e. The molecular weight excluding hydrogens is 384 g/mol. The van der Waals surface area contributed by atoms with Gasteiger partial charge in [0.15, 0.2) is 16.9 Å². The standard InChI is InChI=1S/C18H18N4O3S2/c1-3-25-17(24)15(16-20-12(2)9-26-16)14(23)10-27-18-21-19-11-22(18)13-7-5-4-6-8-13/h4-9,11,15H,3,10H2,1-2H3. The third kappa shape index (κ3) is 4.61. The van der Waals surface area contributed by atoms with Crippen molar-refractivity contribution in [1.29, 1.82) is 0 Å². The van der Waals surface area contributed by atoms with Gasteiger partial charge in [0.2, 0.25) is 0 Å². The summed E-state index contributed by atoms with van der Waals surface area (Å²) in [6.45, 7) is 3.75. The molecule has 0 aliphatic heterocycles. The number of ketones is 1. The van der Waals surface area contributed by atoms with Crippen LogP contribution in [0.1, 0.15) is 23.5 Å². The SMILES string of the molecule is CCOC(=O)C(C(=O)CSc1nncn1-c1ccccc1)c1nc(C)cs1. The summed E-state index contributed by atoms with van der Waals surface area (Å²) in [5, 5.41) is 10.9. The fourth-order valence-electron chi connectivity index (χ4n) is 2.41. The Kier molecular flexibility index (Phi) is 6.36. The number of carbonyl (C=O) groups excluding carboxylic acids is 2. The molecule has 0 saturated carbocycles. The fourth-order valence-corrected chi connectivity index (χ4v) is 4.15. The summed E-state index contributed by atoms with van der Waals surface area (Å²) in [6, 6.07) is 9.60. The number of thioether (sulfide) groups is 1. The Bertz CT molecular complexity index is 924. The van der Waals surface area contributed by atoms with Gasteiger partial charge in [0, 0.05) is 16.8 Å². The number of esters is 1. The lowest BCUT2D eigenvalue weighted by atomic mass is 10.1. The molecule has 0 aliphatic carbocycles. The van der Waals surface area contributed by atoms with Crippen LogP contribution in [0.15, 0.2) is 47.2 Å². The van der Waals surface area contributed by atoms with E-state index in [9.17, 15) is 9.59 Å². The zero-order chi connectivity index (χ0) is 19.2. The molecule has 0 fully saturated rings. The van der Waals surface area contributed by atoms with Crippen molar-refractivity contribution in [2.24, 2.45) is 0 Å². The van der Waals surface area contributed by atoms with Crippen molar-refractivity contribution in [1.82, 2.24) is 19.7 Å². The number of carbonyl (C=O) groups is 2. The smallest absolute Gasteiger partial charge is 0.323 e. The summed E-state index contributed by atoms with van der Waals surface area (Å²) in [7, 11) is 0. The Morgan fingerprint density at radius 1 is 1.30 bits per heavy atom. The highest BCUT2D eigenvalue weighted by molar-refractivity contribution is 7.99. The van der Waals surface area contributed by atoms with Gasteiger partial charge >= 0.3 is 5.97 Å². The molecule has 2 heterocycles. The third-order valence-electron chi connectivity index (χ3n) is 3.62. The minimum absolute atomic E-state index is 0.0631. The average molecular weight is 403 g/mol. The first-order valence-electron chi connectivity index (χ1n) is 8.29. The topological polar surface area (TPSA) is 87.0 Å². The van der Waals surface area contributed by atoms with Gasteiger partial charge in [0.1, 0.15) is 11.3 Å². The van der Waals surface area contributed by atoms with Crippen LogP contribution in [0.4, 0.5) is 0 Å². The van der Waals surface area contributed by atoms with E-state index in [-0.39, 0.29) is 18.1 Å². The van der Waals surface area contributed by atoms with Crippen molar-refractivity contribution in [3.63, 3.8) is 0 Å². The molecule has 1 aromatic carbocycles. The molecule has 1 atom stereocenters. The summed E-state index contributed by atoms with van der Waals surface area (Å²) in [6.07, 6.45) is 1.59. The highest BCUT2D eigenvalue weighted by Gasteiger charge is 2.32. The number of hydrogen-bond donors (Lipinski definition) is 0. The van der Waals surface area contributed by atoms with Gasteiger partial charge in [-0.15, -0.1) is 21.5 Å². The lowest BCUT2D eigenvalue weighted by Crippen LogP contribution is -2.25. The molecule has 9 heteroatoms. The summed E-state index contributed by atoms with van der Waals surface area (Å²) in [5.41, 5.74) is 1.67. The maximum atomic E-state index is 12.8. The zero-order valence-corrected chi connectivity index (χ0v) is 16.5. The molecule has 27 heavy (non-hydrogen) atoms. The molecule has 0 amide bonds. The molecule has 3 aromatic rings. The number of hydrogen-bond acceptors (Lipinski definition) is 8. The number of nitrogens with zero attached hydrogens (tertiary/aromatic N) is 4. The first-order valence-corrected chi connectivity index (χ1v) is 10.2. The van der Waals surface area contributed by atoms with E-state index in [1.165, 1.54) is 23.1 Å². The molecule has 1 unspecified atom stereocenters. The van der Waals surface area contributed by atoms with Crippen LogP contribution in [0.3, 0.4) is 0 Å². The van der Waals surface area contributed by atoms with E-state index in [4.69, 9.17) is 4.74 Å². The van der Waals surface area contributed by atoms with Crippen LogP contribution in [0.2, 0.25) is 0 Å². The van der Waals surface area contributed by atoms with E-state index in [1.54, 1.807) is 17.8 Å². The maximum absolute atomic E-state index is 12.8. The minimum Gasteiger partial charge on any atom is -0.465 e. The van der Waals surface area contributed by atoms with Gasteiger partial charge in [0.05, 0.1) is 12.4 Å². The Morgan fingerprint density at radius 2 is 2.07 bits per heavy atom. The first kappa shape index (κ1) is 19.2. The van der Waals surface area contributed by atoms with E-state index in [1.807, 2.05) is 42.6 Å². The van der Waals surface area contributed by atoms with Crippen molar-refractivity contribution in [2.75, 3.05) is 12.4 Å². The van der Waals surface area contributed by atoms with Gasteiger partial charge in [-0.25, -0.2) is 4.98 Å². The molecule has 0 aliphatic rings. The number of rotatable bonds is 8. The minimum atomic E-state index is -1.01. The van der Waals surface area contributed by atoms with Gasteiger partial charge in [-0.2, -0.15) is 0 Å². The molecule has 7 nitrogen and oxygen atoms in total. The molecule has 2 aromatic heterocycles. The van der Waals surface area contributed by atoms with Crippen LogP contribution in [0.5, 0.6) is 0 Å². The van der Waals surface area contributed by atoms with Gasteiger partial charge < -0.3 is 4.74 Å². The van der Waals surface area contributed by atoms with Crippen molar-refractivity contribution in [2.45, 2.75) is 24.9 Å². The molecule has 140 valence electrons. The Morgan fingerprint density at radius 3 is 2.74 bits per heavy atom. The summed E-state index contributed by atoms with van der Waals surface area (Å²) in [5.74, 6) is -1.78. The van der Waals surface area contributed by atoms with Crippen LogP contribution >= 0.6 is 23.1 Å². The summed E-state index contributed by atoms with van der Waals surface area (Å²) in [4.78, 5) is 29.4. The number of aryl methyl sites for hydroxylation is 1. The number of benzene rings is 1. The van der Waals surface area contributed by atoms with Crippen LogP contribution in [0.25, 0.3) is 5.69 Å². The highest BCUT2D eigenvalue weighted by atomic mass is 32.2. The Balaban J connectivity index is 1.75. The monoisotopic (exact) mass is 402 g/mol. The predicted octanol–water partition coefficient (Wildman–Crippen LogP) is 3.04. The summed E-state index contributed by atoms with van der Waals surface area (Å²) >= 11 is 2.52. The molecular formula is C18H18N4O3S2. The van der Waals surface area contributed by atoms with Gasteiger partial charge in [-0.3, -0.25) is 14.2 Å². The molecule has 0 N–H and O–H groups in total. The number of Topliss-reactive ketones (excluding diaryl/α,β-unsaturated/α-hetero) is 1. The summed E-state index contributed by atoms with van der Waals surface area (Å²) < 4.78 is 6.88. The number of thiazole rings is 1. The molecule has 0 bridgehead atoms. The molecule has 3 rings (SSSR count). The van der Waals surface area contributed by atoms with Crippen LogP contribution < -0.4 is 0 Å². The van der Waals surface area contributed by atoms with Crippen molar-refractivity contribution in [3.05, 3.63) is 52.7 Å². The van der Waals surface area contributed by atoms with Crippen LogP contribution in [-0.2, 0) is 14.3 Å². The molecule has 0 saturated heterocycles. The normalized spacial score (nSPS) is 11.9. The predicted molar refractivity (Wildman–Crippen MR) is 103 cm³/mol. The Labute approximate surface area is 164 Å². The van der Waals surface area contributed by atoms with Crippen LogP contribution in [0, 0.1) is 6.92 Å². The zero-order valence-electron chi connectivity index (χ0n) is 14.9. The molecule has 0 spiro atoms. The lowest BCUT2D eigenvalue weighted by molar-refractivity contribution is -0.147. The number of ether oxygens (including phenoxy) is 1. The highest BCUT2D eigenvalue weighted by Crippen LogP contribution is 2.26. The third-order valence-corrected chi connectivity index (χ3v) is 5.62. The average Bonchev–Trinajstić information content (AvgIpc) is 3.30. The fraction of sp³-hybridized carbons (Fsp3) is 0.278. The van der Waals surface area contributed by atoms with Gasteiger partial charge in [0.25, 0.3) is 0 Å². The molecule has 0 radical (unpaired) electrons. The second kappa shape index (κ2) is 8.92. The lowest BCUT2D eigenvalue weighted by Gasteiger charge is -2.12. The van der Waals surface area contributed by atoms with E-state index < -0.39 is 11.9 Å². The van der Waals surface area contributed by atoms with Crippen molar-refractivity contribution >= 4 is 34.9 Å². The second-order valence-electron chi connectivity index (χ2n) is 5.59. The van der Waals surface area contributed by atoms with Gasteiger partial charge in [-0.05, 0) is 26.0 Å². The van der Waals surface area contributed by atoms with E-state index in [0.717, 1.165) is 11.4 Å². The quantitative estimate of drug-likeness (QED) is 0.325. The van der Waals surface area contributed by atoms with Crippen molar-refractivity contribution in [3.8, 4) is 5.69 Å². The van der Waals surface area contributed by atoms with E-state index in [0.29, 0.717) is 10.2 Å². The van der Waals surface area contributed by atoms with Crippen molar-refractivity contribution < 1.29 is 14.3 Å². The Hall–Kier alpha value is -2.52. The van der Waals surface area contributed by atoms with Gasteiger partial charge in [-0.1, -0.05) is 30.0 Å². The second-order valence-corrected chi connectivity index (χ2v) is 7.42. The van der Waals surface area contributed by atoms with Crippen LogP contribution in [-0.4, -0.2) is 43.9 Å². The number of aromatic nitrogens is 4. The number of para-hydroxylation sites is 1. The van der Waals surface area contributed by atoms with E-state index in [2.05, 4.69) is 15.2 Å². The maximum Gasteiger partial charge on any atom is 0.323 e. The van der Waals surface area contributed by atoms with E-state index >= 15 is 0 Å².